The van der Waals surface area contributed by atoms with E-state index < -0.39 is 0 Å². The van der Waals surface area contributed by atoms with E-state index in [2.05, 4.69) is 40.0 Å². The summed E-state index contributed by atoms with van der Waals surface area (Å²) in [4.78, 5) is 31.9. The molecule has 0 spiro atoms. The molecule has 0 aliphatic carbocycles. The second-order valence-corrected chi connectivity index (χ2v) is 11.7. The van der Waals surface area contributed by atoms with Crippen LogP contribution in [0.2, 0.25) is 0 Å². The number of thioether (sulfide) groups is 1. The van der Waals surface area contributed by atoms with Crippen LogP contribution >= 0.6 is 27.7 Å². The Balaban J connectivity index is 1.40. The summed E-state index contributed by atoms with van der Waals surface area (Å²) in [5.74, 6) is 1.88. The molecule has 2 atom stereocenters. The number of rotatable bonds is 8. The van der Waals surface area contributed by atoms with Gasteiger partial charge >= 0.3 is 0 Å². The SMILES string of the molecule is COc1ccc(C=C2Sc3ccccc3N(CC(=O)NCCCN3CC(C)CC(C)C3)C2=O)cc1Br. The van der Waals surface area contributed by atoms with Crippen molar-refractivity contribution in [3.63, 3.8) is 0 Å². The third-order valence-corrected chi connectivity index (χ3v) is 8.22. The van der Waals surface area contributed by atoms with Gasteiger partial charge in [-0.25, -0.2) is 0 Å². The maximum Gasteiger partial charge on any atom is 0.265 e. The Kier molecular flexibility index (Phi) is 9.14. The number of amides is 2. The molecule has 2 unspecified atom stereocenters. The van der Waals surface area contributed by atoms with E-state index in [1.165, 1.54) is 18.2 Å². The van der Waals surface area contributed by atoms with Crippen molar-refractivity contribution in [1.82, 2.24) is 10.2 Å². The summed E-state index contributed by atoms with van der Waals surface area (Å²) in [5.41, 5.74) is 1.65. The summed E-state index contributed by atoms with van der Waals surface area (Å²) < 4.78 is 6.12. The molecule has 0 radical (unpaired) electrons. The maximum absolute atomic E-state index is 13.4. The summed E-state index contributed by atoms with van der Waals surface area (Å²) in [6.45, 7) is 8.49. The number of fused-ring (bicyclic) bond motifs is 1. The minimum Gasteiger partial charge on any atom is -0.496 e. The molecule has 0 saturated carbocycles. The standard InChI is InChI=1S/C28H34BrN3O3S/c1-19-13-20(2)17-31(16-19)12-6-11-30-27(33)18-32-23-7-4-5-8-25(23)36-26(28(32)34)15-21-9-10-24(35-3)22(29)14-21/h4-5,7-10,14-15,19-20H,6,11-13,16-18H2,1-3H3,(H,30,33). The average molecular weight is 573 g/mol. The molecule has 2 aliphatic heterocycles. The first-order chi connectivity index (χ1) is 17.3. The lowest BCUT2D eigenvalue weighted by Crippen LogP contribution is -2.43. The number of carbonyl (C=O) groups excluding carboxylic acids is 2. The summed E-state index contributed by atoms with van der Waals surface area (Å²) in [6.07, 6.45) is 4.06. The predicted octanol–water partition coefficient (Wildman–Crippen LogP) is 5.42. The number of halogens is 1. The molecular weight excluding hydrogens is 538 g/mol. The molecule has 0 bridgehead atoms. The van der Waals surface area contributed by atoms with Crippen LogP contribution in [0.1, 0.15) is 32.3 Å². The zero-order valence-electron chi connectivity index (χ0n) is 21.1. The van der Waals surface area contributed by atoms with Crippen molar-refractivity contribution in [3.05, 3.63) is 57.4 Å². The summed E-state index contributed by atoms with van der Waals surface area (Å²) in [7, 11) is 1.62. The number of benzene rings is 2. The van der Waals surface area contributed by atoms with Gasteiger partial charge in [-0.2, -0.15) is 0 Å². The molecular formula is C28H34BrN3O3S. The molecule has 192 valence electrons. The summed E-state index contributed by atoms with van der Waals surface area (Å²) in [6, 6.07) is 13.4. The number of hydrogen-bond donors (Lipinski definition) is 1. The number of nitrogens with zero attached hydrogens (tertiary/aromatic N) is 2. The van der Waals surface area contributed by atoms with E-state index in [9.17, 15) is 9.59 Å². The highest BCUT2D eigenvalue weighted by atomic mass is 79.9. The van der Waals surface area contributed by atoms with Crippen LogP contribution < -0.4 is 15.0 Å². The fourth-order valence-corrected chi connectivity index (χ4v) is 6.66. The van der Waals surface area contributed by atoms with Crippen molar-refractivity contribution in [2.24, 2.45) is 11.8 Å². The lowest BCUT2D eigenvalue weighted by molar-refractivity contribution is -0.122. The maximum atomic E-state index is 13.4. The second kappa shape index (κ2) is 12.3. The van der Waals surface area contributed by atoms with Gasteiger partial charge in [-0.1, -0.05) is 43.8 Å². The first-order valence-electron chi connectivity index (χ1n) is 12.5. The van der Waals surface area contributed by atoms with Crippen molar-refractivity contribution in [2.75, 3.05) is 44.7 Å². The van der Waals surface area contributed by atoms with E-state index in [1.807, 2.05) is 48.5 Å². The van der Waals surface area contributed by atoms with Crippen molar-refractivity contribution in [2.45, 2.75) is 31.6 Å². The molecule has 1 saturated heterocycles. The first-order valence-corrected chi connectivity index (χ1v) is 14.1. The van der Waals surface area contributed by atoms with E-state index in [0.717, 1.165) is 64.3 Å². The molecule has 0 aromatic heterocycles. The van der Waals surface area contributed by atoms with E-state index in [4.69, 9.17) is 4.74 Å². The van der Waals surface area contributed by atoms with Gasteiger partial charge in [-0.05, 0) is 83.1 Å². The van der Waals surface area contributed by atoms with Gasteiger partial charge in [-0.15, -0.1) is 0 Å². The smallest absolute Gasteiger partial charge is 0.265 e. The van der Waals surface area contributed by atoms with Gasteiger partial charge in [-0.3, -0.25) is 14.5 Å². The van der Waals surface area contributed by atoms with Crippen molar-refractivity contribution < 1.29 is 14.3 Å². The van der Waals surface area contributed by atoms with Gasteiger partial charge in [0, 0.05) is 24.5 Å². The highest BCUT2D eigenvalue weighted by Gasteiger charge is 2.30. The molecule has 2 aromatic carbocycles. The minimum absolute atomic E-state index is 0.00215. The molecule has 1 N–H and O–H groups in total. The topological polar surface area (TPSA) is 61.9 Å². The van der Waals surface area contributed by atoms with Gasteiger partial charge in [0.05, 0.1) is 22.2 Å². The van der Waals surface area contributed by atoms with Crippen LogP contribution in [0.3, 0.4) is 0 Å². The molecule has 1 fully saturated rings. The van der Waals surface area contributed by atoms with Crippen LogP contribution in [0, 0.1) is 11.8 Å². The fourth-order valence-electron chi connectivity index (χ4n) is 5.05. The highest BCUT2D eigenvalue weighted by Crippen LogP contribution is 2.42. The third kappa shape index (κ3) is 6.72. The molecule has 2 amide bonds. The highest BCUT2D eigenvalue weighted by molar-refractivity contribution is 9.10. The zero-order chi connectivity index (χ0) is 25.7. The van der Waals surface area contributed by atoms with Gasteiger partial charge in [0.1, 0.15) is 12.3 Å². The molecule has 6 nitrogen and oxygen atoms in total. The predicted molar refractivity (Wildman–Crippen MR) is 150 cm³/mol. The summed E-state index contributed by atoms with van der Waals surface area (Å²) >= 11 is 4.94. The number of nitrogens with one attached hydrogen (secondary N) is 1. The molecule has 2 heterocycles. The molecule has 36 heavy (non-hydrogen) atoms. The lowest BCUT2D eigenvalue weighted by Gasteiger charge is -2.35. The number of anilines is 1. The number of ether oxygens (including phenoxy) is 1. The van der Waals surface area contributed by atoms with Crippen LogP contribution in [-0.2, 0) is 9.59 Å². The van der Waals surface area contributed by atoms with Crippen LogP contribution in [0.4, 0.5) is 5.69 Å². The van der Waals surface area contributed by atoms with Gasteiger partial charge in [0.15, 0.2) is 0 Å². The lowest BCUT2D eigenvalue weighted by atomic mass is 9.92. The molecule has 8 heteroatoms. The van der Waals surface area contributed by atoms with Gasteiger partial charge in [0.2, 0.25) is 5.91 Å². The number of methoxy groups -OCH3 is 1. The van der Waals surface area contributed by atoms with Crippen LogP contribution in [0.25, 0.3) is 6.08 Å². The Labute approximate surface area is 226 Å². The molecule has 2 aromatic rings. The third-order valence-electron chi connectivity index (χ3n) is 6.53. The largest absolute Gasteiger partial charge is 0.496 e. The number of para-hydroxylation sites is 1. The first kappa shape index (κ1) is 26.8. The van der Waals surface area contributed by atoms with Crippen LogP contribution in [0.15, 0.2) is 56.7 Å². The van der Waals surface area contributed by atoms with Gasteiger partial charge in [0.25, 0.3) is 5.91 Å². The Hall–Kier alpha value is -2.29. The minimum atomic E-state index is -0.169. The molecule has 4 rings (SSSR count). The number of likely N-dealkylation sites (tertiary alicyclic amines) is 1. The normalized spacial score (nSPS) is 21.4. The van der Waals surface area contributed by atoms with Gasteiger partial charge < -0.3 is 15.0 Å². The average Bonchev–Trinajstić information content (AvgIpc) is 2.84. The number of carbonyl (C=O) groups is 2. The fraction of sp³-hybridized carbons (Fsp3) is 0.429. The van der Waals surface area contributed by atoms with Crippen molar-refractivity contribution in [1.29, 1.82) is 0 Å². The van der Waals surface area contributed by atoms with Crippen LogP contribution in [0.5, 0.6) is 5.75 Å². The van der Waals surface area contributed by atoms with Crippen molar-refractivity contribution in [3.8, 4) is 5.75 Å². The quantitative estimate of drug-likeness (QED) is 0.338. The number of piperidine rings is 1. The monoisotopic (exact) mass is 571 g/mol. The Morgan fingerprint density at radius 2 is 1.94 bits per heavy atom. The second-order valence-electron chi connectivity index (χ2n) is 9.77. The van der Waals surface area contributed by atoms with E-state index in [0.29, 0.717) is 11.4 Å². The van der Waals surface area contributed by atoms with E-state index in [-0.39, 0.29) is 18.4 Å². The number of hydrogen-bond acceptors (Lipinski definition) is 5. The van der Waals surface area contributed by atoms with E-state index >= 15 is 0 Å². The Morgan fingerprint density at radius 3 is 2.67 bits per heavy atom. The molecule has 2 aliphatic rings. The summed E-state index contributed by atoms with van der Waals surface area (Å²) in [5, 5.41) is 3.02. The van der Waals surface area contributed by atoms with E-state index in [1.54, 1.807) is 12.0 Å². The zero-order valence-corrected chi connectivity index (χ0v) is 23.5. The Morgan fingerprint density at radius 1 is 1.19 bits per heavy atom. The Bertz CT molecular complexity index is 1130. The van der Waals surface area contributed by atoms with Crippen LogP contribution in [-0.4, -0.2) is 56.5 Å². The van der Waals surface area contributed by atoms with Crippen molar-refractivity contribution >= 4 is 51.3 Å².